The molecule has 2 heterocycles. The van der Waals surface area contributed by atoms with Gasteiger partial charge in [0, 0.05) is 47.2 Å². The van der Waals surface area contributed by atoms with Gasteiger partial charge in [-0.25, -0.2) is 0 Å². The molecule has 0 unspecified atom stereocenters. The number of ketones is 1. The van der Waals surface area contributed by atoms with E-state index in [2.05, 4.69) is 0 Å². The topological polar surface area (TPSA) is 57.6 Å². The van der Waals surface area contributed by atoms with Crippen LogP contribution in [0.4, 0.5) is 0 Å². The quantitative estimate of drug-likeness (QED) is 0.850. The number of nitrogens with zero attached hydrogens (tertiary/aromatic N) is 1. The number of thiophene rings is 1. The fourth-order valence-electron chi connectivity index (χ4n) is 2.88. The number of carbonyl (C=O) groups is 2. The maximum atomic E-state index is 12.2. The molecule has 1 amide bonds. The van der Waals surface area contributed by atoms with E-state index in [1.807, 2.05) is 26.8 Å². The Bertz CT molecular complexity index is 538. The van der Waals surface area contributed by atoms with Crippen molar-refractivity contribution in [2.75, 3.05) is 13.1 Å². The average molecular weight is 309 g/mol. The lowest BCUT2D eigenvalue weighted by Crippen LogP contribution is -2.29. The highest BCUT2D eigenvalue weighted by Gasteiger charge is 2.32. The first-order valence-corrected chi connectivity index (χ1v) is 8.30. The number of likely N-dealkylation sites (tertiary alicyclic amines) is 1. The summed E-state index contributed by atoms with van der Waals surface area (Å²) in [5, 5.41) is 9.84. The van der Waals surface area contributed by atoms with E-state index >= 15 is 0 Å². The Morgan fingerprint density at radius 3 is 2.57 bits per heavy atom. The van der Waals surface area contributed by atoms with Gasteiger partial charge in [0.2, 0.25) is 5.91 Å². The molecule has 1 aliphatic heterocycles. The van der Waals surface area contributed by atoms with Crippen LogP contribution in [-0.4, -0.2) is 40.9 Å². The Kier molecular flexibility index (Phi) is 5.17. The summed E-state index contributed by atoms with van der Waals surface area (Å²) in [6, 6.07) is 1.90. The van der Waals surface area contributed by atoms with E-state index < -0.39 is 6.10 Å². The lowest BCUT2D eigenvalue weighted by Gasteiger charge is -2.15. The first-order chi connectivity index (χ1) is 9.92. The van der Waals surface area contributed by atoms with Crippen molar-refractivity contribution >= 4 is 23.0 Å². The van der Waals surface area contributed by atoms with Crippen LogP contribution in [0.15, 0.2) is 6.07 Å². The van der Waals surface area contributed by atoms with Crippen molar-refractivity contribution in [2.24, 2.45) is 5.92 Å². The number of aliphatic hydroxyl groups is 1. The molecule has 1 fully saturated rings. The third-order valence-electron chi connectivity index (χ3n) is 4.19. The van der Waals surface area contributed by atoms with Crippen LogP contribution in [0.2, 0.25) is 0 Å². The summed E-state index contributed by atoms with van der Waals surface area (Å²) < 4.78 is 0. The summed E-state index contributed by atoms with van der Waals surface area (Å²) in [6.45, 7) is 6.96. The van der Waals surface area contributed by atoms with Gasteiger partial charge in [0.1, 0.15) is 0 Å². The number of β-amino-alcohol motifs (C(OH)–C–C–N with tert-alkyl or cyclic N) is 1. The Hall–Kier alpha value is -1.20. The Morgan fingerprint density at radius 2 is 2.05 bits per heavy atom. The number of hydrogen-bond donors (Lipinski definition) is 1. The summed E-state index contributed by atoms with van der Waals surface area (Å²) in [5.41, 5.74) is 0.748. The molecule has 21 heavy (non-hydrogen) atoms. The Morgan fingerprint density at radius 1 is 1.33 bits per heavy atom. The van der Waals surface area contributed by atoms with Crippen molar-refractivity contribution in [2.45, 2.75) is 46.1 Å². The first-order valence-electron chi connectivity index (χ1n) is 7.48. The monoisotopic (exact) mass is 309 g/mol. The van der Waals surface area contributed by atoms with E-state index in [-0.39, 0.29) is 30.4 Å². The van der Waals surface area contributed by atoms with Crippen molar-refractivity contribution in [1.82, 2.24) is 4.90 Å². The van der Waals surface area contributed by atoms with Crippen LogP contribution in [0.1, 0.15) is 46.3 Å². The third kappa shape index (κ3) is 3.71. The molecule has 1 N–H and O–H groups in total. The zero-order chi connectivity index (χ0) is 15.6. The van der Waals surface area contributed by atoms with Gasteiger partial charge in [-0.3, -0.25) is 9.59 Å². The smallest absolute Gasteiger partial charge is 0.223 e. The zero-order valence-corrected chi connectivity index (χ0v) is 13.7. The summed E-state index contributed by atoms with van der Waals surface area (Å²) in [4.78, 5) is 28.1. The maximum absolute atomic E-state index is 12.2. The molecule has 0 bridgehead atoms. The number of aliphatic hydroxyl groups excluding tert-OH is 1. The van der Waals surface area contributed by atoms with Crippen LogP contribution in [0, 0.1) is 19.8 Å². The molecule has 0 saturated carbocycles. The standard InChI is InChI=1S/C16H23NO3S/c1-4-12-8-17(9-15(12)19)16(20)6-5-14(18)13-7-10(2)21-11(13)3/h7,12,15,19H,4-6,8-9H2,1-3H3/t12-,15+/m1/s1. The minimum absolute atomic E-state index is 0.0250. The molecule has 0 spiro atoms. The molecule has 4 nitrogen and oxygen atoms in total. The highest BCUT2D eigenvalue weighted by Crippen LogP contribution is 2.24. The van der Waals surface area contributed by atoms with Gasteiger partial charge < -0.3 is 10.0 Å². The molecule has 2 atom stereocenters. The number of Topliss-reactive ketones (excluding diaryl/α,β-unsaturated/α-hetero) is 1. The molecule has 2 rings (SSSR count). The van der Waals surface area contributed by atoms with E-state index in [9.17, 15) is 14.7 Å². The highest BCUT2D eigenvalue weighted by atomic mass is 32.1. The predicted molar refractivity (Wildman–Crippen MR) is 83.7 cm³/mol. The number of hydrogen-bond acceptors (Lipinski definition) is 4. The average Bonchev–Trinajstić information content (AvgIpc) is 2.98. The molecule has 1 aliphatic rings. The zero-order valence-electron chi connectivity index (χ0n) is 12.9. The predicted octanol–water partition coefficient (Wildman–Crippen LogP) is 2.56. The fraction of sp³-hybridized carbons (Fsp3) is 0.625. The van der Waals surface area contributed by atoms with Crippen molar-refractivity contribution in [1.29, 1.82) is 0 Å². The largest absolute Gasteiger partial charge is 0.391 e. The lowest BCUT2D eigenvalue weighted by atomic mass is 10.0. The normalized spacial score (nSPS) is 21.8. The minimum Gasteiger partial charge on any atom is -0.391 e. The highest BCUT2D eigenvalue weighted by molar-refractivity contribution is 7.12. The van der Waals surface area contributed by atoms with Gasteiger partial charge in [0.25, 0.3) is 0 Å². The van der Waals surface area contributed by atoms with Gasteiger partial charge >= 0.3 is 0 Å². The molecule has 5 heteroatoms. The van der Waals surface area contributed by atoms with Gasteiger partial charge in [-0.15, -0.1) is 11.3 Å². The SMILES string of the molecule is CC[C@@H]1CN(C(=O)CCC(=O)c2cc(C)sc2C)C[C@@H]1O. The third-order valence-corrected chi connectivity index (χ3v) is 5.16. The van der Waals surface area contributed by atoms with Gasteiger partial charge in [-0.1, -0.05) is 6.92 Å². The first kappa shape index (κ1) is 16.2. The maximum Gasteiger partial charge on any atom is 0.223 e. The van der Waals surface area contributed by atoms with Gasteiger partial charge in [0.15, 0.2) is 5.78 Å². The summed E-state index contributed by atoms with van der Waals surface area (Å²) in [7, 11) is 0. The lowest BCUT2D eigenvalue weighted by molar-refractivity contribution is -0.130. The van der Waals surface area contributed by atoms with Crippen LogP contribution >= 0.6 is 11.3 Å². The molecule has 1 saturated heterocycles. The second-order valence-electron chi connectivity index (χ2n) is 5.78. The van der Waals surface area contributed by atoms with Gasteiger partial charge in [0.05, 0.1) is 6.10 Å². The van der Waals surface area contributed by atoms with E-state index in [0.717, 1.165) is 21.7 Å². The summed E-state index contributed by atoms with van der Waals surface area (Å²) in [5.74, 6) is 0.186. The van der Waals surface area contributed by atoms with Gasteiger partial charge in [-0.05, 0) is 26.3 Å². The van der Waals surface area contributed by atoms with Crippen LogP contribution < -0.4 is 0 Å². The number of carbonyl (C=O) groups excluding carboxylic acids is 2. The van der Waals surface area contributed by atoms with Crippen molar-refractivity contribution in [3.05, 3.63) is 21.4 Å². The summed E-state index contributed by atoms with van der Waals surface area (Å²) >= 11 is 1.61. The second-order valence-corrected chi connectivity index (χ2v) is 7.24. The van der Waals surface area contributed by atoms with Crippen LogP contribution in [0.3, 0.4) is 0 Å². The van der Waals surface area contributed by atoms with Crippen molar-refractivity contribution in [3.63, 3.8) is 0 Å². The van der Waals surface area contributed by atoms with E-state index in [0.29, 0.717) is 13.1 Å². The molecular formula is C16H23NO3S. The number of rotatable bonds is 5. The van der Waals surface area contributed by atoms with Crippen molar-refractivity contribution in [3.8, 4) is 0 Å². The van der Waals surface area contributed by atoms with Gasteiger partial charge in [-0.2, -0.15) is 0 Å². The molecule has 1 aromatic heterocycles. The molecule has 1 aromatic rings. The molecule has 0 radical (unpaired) electrons. The van der Waals surface area contributed by atoms with E-state index in [1.54, 1.807) is 16.2 Å². The van der Waals surface area contributed by atoms with E-state index in [1.165, 1.54) is 0 Å². The molecule has 0 aliphatic carbocycles. The molecule has 0 aromatic carbocycles. The second kappa shape index (κ2) is 6.71. The molecule has 116 valence electrons. The number of aryl methyl sites for hydroxylation is 2. The van der Waals surface area contributed by atoms with Crippen molar-refractivity contribution < 1.29 is 14.7 Å². The van der Waals surface area contributed by atoms with Crippen LogP contribution in [0.25, 0.3) is 0 Å². The fourth-order valence-corrected chi connectivity index (χ4v) is 3.82. The number of amides is 1. The Balaban J connectivity index is 1.87. The Labute approximate surface area is 129 Å². The minimum atomic E-state index is -0.420. The van der Waals surface area contributed by atoms with Crippen LogP contribution in [0.5, 0.6) is 0 Å². The molecular weight excluding hydrogens is 286 g/mol. The summed E-state index contributed by atoms with van der Waals surface area (Å²) in [6.07, 6.45) is 0.934. The van der Waals surface area contributed by atoms with E-state index in [4.69, 9.17) is 0 Å². The van der Waals surface area contributed by atoms with Crippen LogP contribution in [-0.2, 0) is 4.79 Å².